The van der Waals surface area contributed by atoms with Crippen LogP contribution in [0.3, 0.4) is 0 Å². The number of nitrogens with one attached hydrogen (secondary N) is 1. The molecule has 0 aliphatic heterocycles. The van der Waals surface area contributed by atoms with Crippen molar-refractivity contribution in [1.82, 2.24) is 9.88 Å². The number of amides is 2. The number of carbonyl (C=O) groups is 1. The fraction of sp³-hybridized carbons (Fsp3) is 0.200. The number of aromatic nitrogens is 1. The van der Waals surface area contributed by atoms with E-state index in [0.29, 0.717) is 11.3 Å². The number of urea groups is 1. The first-order chi connectivity index (χ1) is 10.1. The van der Waals surface area contributed by atoms with Crippen LogP contribution < -0.4 is 10.1 Å². The lowest BCUT2D eigenvalue weighted by Crippen LogP contribution is -2.30. The van der Waals surface area contributed by atoms with Crippen molar-refractivity contribution in [2.45, 2.75) is 6.54 Å². The molecule has 0 aliphatic rings. The highest BCUT2D eigenvalue weighted by atomic mass is 19.1. The van der Waals surface area contributed by atoms with Gasteiger partial charge in [-0.15, -0.1) is 0 Å². The smallest absolute Gasteiger partial charge is 0.321 e. The van der Waals surface area contributed by atoms with Crippen molar-refractivity contribution in [3.63, 3.8) is 0 Å². The first-order valence-electron chi connectivity index (χ1n) is 6.34. The van der Waals surface area contributed by atoms with E-state index in [1.165, 1.54) is 24.1 Å². The Morgan fingerprint density at radius 2 is 2.24 bits per heavy atom. The summed E-state index contributed by atoms with van der Waals surface area (Å²) in [6.07, 6.45) is 3.18. The van der Waals surface area contributed by atoms with Gasteiger partial charge in [-0.2, -0.15) is 0 Å². The van der Waals surface area contributed by atoms with E-state index in [2.05, 4.69) is 10.3 Å². The van der Waals surface area contributed by atoms with Crippen molar-refractivity contribution in [2.75, 3.05) is 19.5 Å². The highest BCUT2D eigenvalue weighted by molar-refractivity contribution is 5.88. The molecule has 0 bridgehead atoms. The van der Waals surface area contributed by atoms with Gasteiger partial charge in [0.25, 0.3) is 0 Å². The number of ether oxygens (including phenoxy) is 1. The Balaban J connectivity index is 1.99. The van der Waals surface area contributed by atoms with Gasteiger partial charge >= 0.3 is 6.03 Å². The first-order valence-corrected chi connectivity index (χ1v) is 6.34. The Morgan fingerprint density at radius 3 is 2.86 bits per heavy atom. The average molecular weight is 289 g/mol. The molecule has 0 fully saturated rings. The lowest BCUT2D eigenvalue weighted by Gasteiger charge is -2.18. The van der Waals surface area contributed by atoms with Gasteiger partial charge in [0.2, 0.25) is 0 Å². The van der Waals surface area contributed by atoms with Crippen LogP contribution in [0.15, 0.2) is 42.7 Å². The minimum Gasteiger partial charge on any atom is -0.494 e. The fourth-order valence-electron chi connectivity index (χ4n) is 1.81. The van der Waals surface area contributed by atoms with Crippen molar-refractivity contribution in [2.24, 2.45) is 0 Å². The number of anilines is 1. The molecule has 2 amide bonds. The Kier molecular flexibility index (Phi) is 4.71. The molecule has 1 aromatic carbocycles. The van der Waals surface area contributed by atoms with Gasteiger partial charge in [0, 0.05) is 19.8 Å². The predicted molar refractivity (Wildman–Crippen MR) is 77.7 cm³/mol. The number of hydrogen-bond donors (Lipinski definition) is 1. The summed E-state index contributed by atoms with van der Waals surface area (Å²) < 4.78 is 18.5. The molecule has 110 valence electrons. The van der Waals surface area contributed by atoms with Gasteiger partial charge in [-0.3, -0.25) is 4.98 Å². The van der Waals surface area contributed by atoms with E-state index in [4.69, 9.17) is 4.74 Å². The molecule has 0 unspecified atom stereocenters. The van der Waals surface area contributed by atoms with Crippen molar-refractivity contribution >= 4 is 11.7 Å². The molecular weight excluding hydrogens is 273 g/mol. The molecular formula is C15H16FN3O2. The highest BCUT2D eigenvalue weighted by Gasteiger charge is 2.11. The number of methoxy groups -OCH3 is 1. The molecule has 0 radical (unpaired) electrons. The van der Waals surface area contributed by atoms with Crippen LogP contribution in [0.1, 0.15) is 5.56 Å². The quantitative estimate of drug-likeness (QED) is 0.941. The van der Waals surface area contributed by atoms with Gasteiger partial charge in [-0.25, -0.2) is 9.18 Å². The number of carbonyl (C=O) groups excluding carboxylic acids is 1. The summed E-state index contributed by atoms with van der Waals surface area (Å²) in [6.45, 7) is 0.285. The summed E-state index contributed by atoms with van der Waals surface area (Å²) in [4.78, 5) is 17.4. The van der Waals surface area contributed by atoms with E-state index in [-0.39, 0.29) is 18.3 Å². The Labute approximate surface area is 122 Å². The van der Waals surface area contributed by atoms with Gasteiger partial charge in [-0.05, 0) is 29.8 Å². The minimum atomic E-state index is -0.448. The number of benzene rings is 1. The number of hydrogen-bond acceptors (Lipinski definition) is 3. The molecule has 0 saturated heterocycles. The Morgan fingerprint density at radius 1 is 1.43 bits per heavy atom. The van der Waals surface area contributed by atoms with Crippen LogP contribution >= 0.6 is 0 Å². The summed E-state index contributed by atoms with van der Waals surface area (Å²) in [7, 11) is 3.04. The molecule has 5 nitrogen and oxygen atoms in total. The summed E-state index contributed by atoms with van der Waals surface area (Å²) in [5, 5.41) is 2.71. The lowest BCUT2D eigenvalue weighted by atomic mass is 10.2. The highest BCUT2D eigenvalue weighted by Crippen LogP contribution is 2.18. The second-order valence-corrected chi connectivity index (χ2v) is 4.50. The minimum absolute atomic E-state index is 0.182. The van der Waals surface area contributed by atoms with E-state index in [1.807, 2.05) is 0 Å². The maximum Gasteiger partial charge on any atom is 0.321 e. The van der Waals surface area contributed by atoms with Gasteiger partial charge < -0.3 is 15.0 Å². The van der Waals surface area contributed by atoms with Crippen LogP contribution in [0.4, 0.5) is 14.9 Å². The average Bonchev–Trinajstić information content (AvgIpc) is 2.48. The zero-order chi connectivity index (χ0) is 15.2. The molecule has 1 N–H and O–H groups in total. The molecule has 0 spiro atoms. The van der Waals surface area contributed by atoms with Gasteiger partial charge in [0.05, 0.1) is 19.0 Å². The monoisotopic (exact) mass is 289 g/mol. The SMILES string of the molecule is COc1ccc(CN(C)C(=O)Nc2cccnc2)cc1F. The number of pyridine rings is 1. The standard InChI is InChI=1S/C15H16FN3O2/c1-19(15(20)18-12-4-3-7-17-9-12)10-11-5-6-14(21-2)13(16)8-11/h3-9H,10H2,1-2H3,(H,18,20). The molecule has 2 aromatic rings. The molecule has 0 saturated carbocycles. The van der Waals surface area contributed by atoms with Crippen LogP contribution in [-0.2, 0) is 6.54 Å². The molecule has 0 aliphatic carbocycles. The van der Waals surface area contributed by atoms with E-state index < -0.39 is 5.82 Å². The fourth-order valence-corrected chi connectivity index (χ4v) is 1.81. The normalized spacial score (nSPS) is 10.0. The Hall–Kier alpha value is -2.63. The number of nitrogens with zero attached hydrogens (tertiary/aromatic N) is 2. The number of halogens is 1. The maximum atomic E-state index is 13.6. The lowest BCUT2D eigenvalue weighted by molar-refractivity contribution is 0.220. The van der Waals surface area contributed by atoms with Gasteiger partial charge in [0.15, 0.2) is 11.6 Å². The second kappa shape index (κ2) is 6.69. The van der Waals surface area contributed by atoms with E-state index in [9.17, 15) is 9.18 Å². The van der Waals surface area contributed by atoms with Crippen molar-refractivity contribution in [1.29, 1.82) is 0 Å². The van der Waals surface area contributed by atoms with Crippen LogP contribution in [0.25, 0.3) is 0 Å². The molecule has 6 heteroatoms. The molecule has 0 atom stereocenters. The summed E-state index contributed by atoms with van der Waals surface area (Å²) in [5.41, 5.74) is 1.28. The van der Waals surface area contributed by atoms with Crippen LogP contribution in [0, 0.1) is 5.82 Å². The van der Waals surface area contributed by atoms with Crippen LogP contribution in [0.5, 0.6) is 5.75 Å². The van der Waals surface area contributed by atoms with E-state index in [1.54, 1.807) is 37.6 Å². The number of rotatable bonds is 4. The second-order valence-electron chi connectivity index (χ2n) is 4.50. The predicted octanol–water partition coefficient (Wildman–Crippen LogP) is 2.89. The molecule has 1 aromatic heterocycles. The zero-order valence-corrected chi connectivity index (χ0v) is 11.8. The first kappa shape index (κ1) is 14.8. The summed E-state index contributed by atoms with van der Waals surface area (Å²) in [5.74, 6) is -0.266. The van der Waals surface area contributed by atoms with Crippen LogP contribution in [0.2, 0.25) is 0 Å². The van der Waals surface area contributed by atoms with Crippen LogP contribution in [-0.4, -0.2) is 30.1 Å². The van der Waals surface area contributed by atoms with Crippen molar-refractivity contribution in [3.05, 3.63) is 54.1 Å². The largest absolute Gasteiger partial charge is 0.494 e. The van der Waals surface area contributed by atoms with Crippen molar-refractivity contribution in [3.8, 4) is 5.75 Å². The molecule has 21 heavy (non-hydrogen) atoms. The summed E-state index contributed by atoms with van der Waals surface area (Å²) in [6, 6.07) is 7.79. The van der Waals surface area contributed by atoms with E-state index >= 15 is 0 Å². The topological polar surface area (TPSA) is 54.5 Å². The molecule has 2 rings (SSSR count). The molecule has 1 heterocycles. The van der Waals surface area contributed by atoms with Gasteiger partial charge in [0.1, 0.15) is 0 Å². The van der Waals surface area contributed by atoms with E-state index in [0.717, 1.165) is 0 Å². The summed E-state index contributed by atoms with van der Waals surface area (Å²) >= 11 is 0. The third kappa shape index (κ3) is 3.92. The zero-order valence-electron chi connectivity index (χ0n) is 11.8. The third-order valence-electron chi connectivity index (χ3n) is 2.90. The van der Waals surface area contributed by atoms with Crippen molar-refractivity contribution < 1.29 is 13.9 Å². The third-order valence-corrected chi connectivity index (χ3v) is 2.90. The van der Waals surface area contributed by atoms with Gasteiger partial charge in [-0.1, -0.05) is 6.07 Å². The Bertz CT molecular complexity index is 620. The maximum absolute atomic E-state index is 13.6.